The van der Waals surface area contributed by atoms with E-state index in [0.717, 1.165) is 13.0 Å². The number of carbonyl (C=O) groups is 1. The molecule has 78 valence electrons. The predicted molar refractivity (Wildman–Crippen MR) is 52.6 cm³/mol. The molecule has 0 fully saturated rings. The summed E-state index contributed by atoms with van der Waals surface area (Å²) in [6, 6.07) is -0.143. The summed E-state index contributed by atoms with van der Waals surface area (Å²) in [5.41, 5.74) is 0. The van der Waals surface area contributed by atoms with Crippen LogP contribution in [0, 0.1) is 0 Å². The van der Waals surface area contributed by atoms with E-state index >= 15 is 0 Å². The van der Waals surface area contributed by atoms with Gasteiger partial charge in [-0.25, -0.2) is 0 Å². The Morgan fingerprint density at radius 1 is 1.46 bits per heavy atom. The van der Waals surface area contributed by atoms with Crippen molar-refractivity contribution in [1.29, 1.82) is 0 Å². The molecule has 0 aromatic rings. The fourth-order valence-electron chi connectivity index (χ4n) is 0.903. The van der Waals surface area contributed by atoms with E-state index in [4.69, 9.17) is 4.74 Å². The average molecular weight is 188 g/mol. The second-order valence-corrected chi connectivity index (χ2v) is 2.90. The minimum atomic E-state index is -0.143. The summed E-state index contributed by atoms with van der Waals surface area (Å²) in [6.07, 6.45) is 1.03. The van der Waals surface area contributed by atoms with Crippen molar-refractivity contribution < 1.29 is 9.53 Å². The first-order valence-electron chi connectivity index (χ1n) is 4.75. The van der Waals surface area contributed by atoms with Crippen molar-refractivity contribution in [3.05, 3.63) is 0 Å². The Morgan fingerprint density at radius 2 is 2.15 bits per heavy atom. The number of ether oxygens (including phenoxy) is 1. The fourth-order valence-corrected chi connectivity index (χ4v) is 0.903. The van der Waals surface area contributed by atoms with Crippen LogP contribution in [0.5, 0.6) is 0 Å². The first-order chi connectivity index (χ1) is 6.22. The molecule has 1 atom stereocenters. The van der Waals surface area contributed by atoms with E-state index in [0.29, 0.717) is 13.2 Å². The molecular weight excluding hydrogens is 168 g/mol. The maximum atomic E-state index is 11.0. The Hall–Kier alpha value is -0.610. The van der Waals surface area contributed by atoms with E-state index in [9.17, 15) is 4.79 Å². The second-order valence-electron chi connectivity index (χ2n) is 2.90. The van der Waals surface area contributed by atoms with Crippen LogP contribution in [0.2, 0.25) is 0 Å². The number of amides is 1. The lowest BCUT2D eigenvalue weighted by molar-refractivity contribution is -0.122. The Balaban J connectivity index is 3.26. The molecule has 0 aliphatic heterocycles. The van der Waals surface area contributed by atoms with Crippen LogP contribution in [-0.4, -0.2) is 38.8 Å². The van der Waals surface area contributed by atoms with E-state index in [1.807, 2.05) is 6.92 Å². The lowest BCUT2D eigenvalue weighted by atomic mass is 10.3. The summed E-state index contributed by atoms with van der Waals surface area (Å²) >= 11 is 0. The van der Waals surface area contributed by atoms with Crippen LogP contribution in [-0.2, 0) is 9.53 Å². The zero-order valence-electron chi connectivity index (χ0n) is 8.72. The number of rotatable bonds is 7. The molecule has 0 saturated heterocycles. The standard InChI is InChI=1S/C9H20N2O2/c1-4-6-13-7-5-11-8(2)9(12)10-3/h8,11H,4-7H2,1-3H3,(H,10,12). The molecule has 1 amide bonds. The highest BCUT2D eigenvalue weighted by atomic mass is 16.5. The molecular formula is C9H20N2O2. The normalized spacial score (nSPS) is 12.5. The number of hydrogen-bond acceptors (Lipinski definition) is 3. The zero-order chi connectivity index (χ0) is 10.1. The molecule has 0 aliphatic rings. The minimum Gasteiger partial charge on any atom is -0.380 e. The third kappa shape index (κ3) is 6.54. The van der Waals surface area contributed by atoms with Gasteiger partial charge < -0.3 is 15.4 Å². The van der Waals surface area contributed by atoms with Gasteiger partial charge in [-0.15, -0.1) is 0 Å². The van der Waals surface area contributed by atoms with Crippen LogP contribution in [0.15, 0.2) is 0 Å². The minimum absolute atomic E-state index is 0.00971. The summed E-state index contributed by atoms with van der Waals surface area (Å²) in [5, 5.41) is 5.63. The van der Waals surface area contributed by atoms with Crippen LogP contribution in [0.4, 0.5) is 0 Å². The largest absolute Gasteiger partial charge is 0.380 e. The van der Waals surface area contributed by atoms with Gasteiger partial charge in [0.05, 0.1) is 12.6 Å². The molecule has 1 unspecified atom stereocenters. The molecule has 0 saturated carbocycles. The SMILES string of the molecule is CCCOCCNC(C)C(=O)NC. The Morgan fingerprint density at radius 3 is 2.69 bits per heavy atom. The van der Waals surface area contributed by atoms with Gasteiger partial charge in [0.1, 0.15) is 0 Å². The number of nitrogens with one attached hydrogen (secondary N) is 2. The maximum absolute atomic E-state index is 11.0. The molecule has 4 heteroatoms. The molecule has 0 aliphatic carbocycles. The van der Waals surface area contributed by atoms with Gasteiger partial charge in [0.25, 0.3) is 0 Å². The quantitative estimate of drug-likeness (QED) is 0.559. The van der Waals surface area contributed by atoms with Gasteiger partial charge >= 0.3 is 0 Å². The highest BCUT2D eigenvalue weighted by molar-refractivity contribution is 5.80. The highest BCUT2D eigenvalue weighted by Gasteiger charge is 2.08. The molecule has 0 radical (unpaired) electrons. The van der Waals surface area contributed by atoms with E-state index in [1.165, 1.54) is 0 Å². The van der Waals surface area contributed by atoms with Crippen LogP contribution >= 0.6 is 0 Å². The van der Waals surface area contributed by atoms with E-state index in [2.05, 4.69) is 17.6 Å². The Labute approximate surface area is 80.0 Å². The van der Waals surface area contributed by atoms with Gasteiger partial charge in [-0.3, -0.25) is 4.79 Å². The van der Waals surface area contributed by atoms with Crippen molar-refractivity contribution in [2.24, 2.45) is 0 Å². The van der Waals surface area contributed by atoms with Crippen molar-refractivity contribution in [2.75, 3.05) is 26.8 Å². The van der Waals surface area contributed by atoms with Gasteiger partial charge in [0.2, 0.25) is 5.91 Å². The van der Waals surface area contributed by atoms with Gasteiger partial charge in [-0.2, -0.15) is 0 Å². The van der Waals surface area contributed by atoms with Crippen LogP contribution in [0.25, 0.3) is 0 Å². The molecule has 0 aromatic heterocycles. The zero-order valence-corrected chi connectivity index (χ0v) is 8.72. The monoisotopic (exact) mass is 188 g/mol. The Kier molecular flexibility index (Phi) is 7.63. The molecule has 2 N–H and O–H groups in total. The fraction of sp³-hybridized carbons (Fsp3) is 0.889. The first kappa shape index (κ1) is 12.4. The smallest absolute Gasteiger partial charge is 0.236 e. The van der Waals surface area contributed by atoms with Gasteiger partial charge in [0.15, 0.2) is 0 Å². The van der Waals surface area contributed by atoms with E-state index < -0.39 is 0 Å². The van der Waals surface area contributed by atoms with Crippen molar-refractivity contribution in [3.63, 3.8) is 0 Å². The lowest BCUT2D eigenvalue weighted by Gasteiger charge is -2.11. The summed E-state index contributed by atoms with van der Waals surface area (Å²) in [5.74, 6) is 0.00971. The summed E-state index contributed by atoms with van der Waals surface area (Å²) in [7, 11) is 1.63. The summed E-state index contributed by atoms with van der Waals surface area (Å²) in [4.78, 5) is 11.0. The molecule has 0 heterocycles. The van der Waals surface area contributed by atoms with E-state index in [-0.39, 0.29) is 11.9 Å². The lowest BCUT2D eigenvalue weighted by Crippen LogP contribution is -2.41. The number of hydrogen-bond donors (Lipinski definition) is 2. The average Bonchev–Trinajstić information content (AvgIpc) is 2.16. The predicted octanol–water partition coefficient (Wildman–Crippen LogP) is 0.137. The third-order valence-electron chi connectivity index (χ3n) is 1.69. The third-order valence-corrected chi connectivity index (χ3v) is 1.69. The first-order valence-corrected chi connectivity index (χ1v) is 4.75. The molecule has 0 bridgehead atoms. The Bertz CT molecular complexity index is 140. The van der Waals surface area contributed by atoms with Gasteiger partial charge in [-0.05, 0) is 13.3 Å². The van der Waals surface area contributed by atoms with E-state index in [1.54, 1.807) is 7.05 Å². The number of likely N-dealkylation sites (N-methyl/N-ethyl adjacent to an activating group) is 1. The second kappa shape index (κ2) is 8.01. The molecule has 4 nitrogen and oxygen atoms in total. The maximum Gasteiger partial charge on any atom is 0.236 e. The van der Waals surface area contributed by atoms with Crippen molar-refractivity contribution in [2.45, 2.75) is 26.3 Å². The molecule has 0 rings (SSSR count). The van der Waals surface area contributed by atoms with Crippen LogP contribution in [0.1, 0.15) is 20.3 Å². The highest BCUT2D eigenvalue weighted by Crippen LogP contribution is 1.82. The molecule has 13 heavy (non-hydrogen) atoms. The van der Waals surface area contributed by atoms with Crippen molar-refractivity contribution in [3.8, 4) is 0 Å². The summed E-state index contributed by atoms with van der Waals surface area (Å²) in [6.45, 7) is 6.07. The van der Waals surface area contributed by atoms with Gasteiger partial charge in [0, 0.05) is 20.2 Å². The summed E-state index contributed by atoms with van der Waals surface area (Å²) < 4.78 is 5.25. The van der Waals surface area contributed by atoms with Crippen molar-refractivity contribution in [1.82, 2.24) is 10.6 Å². The van der Waals surface area contributed by atoms with Gasteiger partial charge in [-0.1, -0.05) is 6.92 Å². The number of carbonyl (C=O) groups excluding carboxylic acids is 1. The van der Waals surface area contributed by atoms with Crippen LogP contribution < -0.4 is 10.6 Å². The molecule has 0 spiro atoms. The van der Waals surface area contributed by atoms with Crippen molar-refractivity contribution >= 4 is 5.91 Å². The topological polar surface area (TPSA) is 50.4 Å². The molecule has 0 aromatic carbocycles. The van der Waals surface area contributed by atoms with Crippen LogP contribution in [0.3, 0.4) is 0 Å².